The van der Waals surface area contributed by atoms with Crippen LogP contribution in [-0.4, -0.2) is 72.4 Å². The standard InChI is InChI=1S/C23H24ClN11O2/c1-37-21(36)11-18-29-20-10-15(6-9-35(20)33-18)28-23-26-13-17(24)22(30-23)27-14-4-7-34(8-5-14)19-3-2-16(12-25)31-32-19/h2-3,6,9-10,13-14,21,36H,4-5,7-8,11H2,1H3,(H2,26,27,28,30). The number of methoxy groups -OCH3 is 1. The Morgan fingerprint density at radius 3 is 2.81 bits per heavy atom. The summed E-state index contributed by atoms with van der Waals surface area (Å²) in [6.45, 7) is 1.57. The van der Waals surface area contributed by atoms with Gasteiger partial charge in [0.15, 0.2) is 35.1 Å². The maximum absolute atomic E-state index is 9.66. The van der Waals surface area contributed by atoms with Crippen molar-refractivity contribution in [2.75, 3.05) is 35.7 Å². The Hall–Kier alpha value is -4.12. The minimum absolute atomic E-state index is 0.177. The third-order valence-corrected chi connectivity index (χ3v) is 6.21. The quantitative estimate of drug-likeness (QED) is 0.290. The van der Waals surface area contributed by atoms with E-state index in [0.29, 0.717) is 34.0 Å². The van der Waals surface area contributed by atoms with E-state index in [-0.39, 0.29) is 12.5 Å². The molecule has 0 aromatic carbocycles. The molecule has 1 atom stereocenters. The van der Waals surface area contributed by atoms with Crippen LogP contribution in [0.15, 0.2) is 36.7 Å². The van der Waals surface area contributed by atoms with Gasteiger partial charge < -0.3 is 25.4 Å². The number of aliphatic hydroxyl groups excluding tert-OH is 1. The molecule has 1 unspecified atom stereocenters. The third-order valence-electron chi connectivity index (χ3n) is 5.94. The molecular weight excluding hydrogens is 498 g/mol. The van der Waals surface area contributed by atoms with Gasteiger partial charge in [0.2, 0.25) is 5.95 Å². The number of pyridine rings is 1. The van der Waals surface area contributed by atoms with Crippen molar-refractivity contribution in [2.24, 2.45) is 0 Å². The minimum Gasteiger partial charge on any atom is -0.368 e. The Labute approximate surface area is 217 Å². The number of nitrogens with zero attached hydrogens (tertiary/aromatic N) is 9. The van der Waals surface area contributed by atoms with Gasteiger partial charge in [0, 0.05) is 44.2 Å². The normalized spacial score (nSPS) is 14.9. The number of halogens is 1. The van der Waals surface area contributed by atoms with E-state index in [4.69, 9.17) is 21.6 Å². The summed E-state index contributed by atoms with van der Waals surface area (Å²) in [4.78, 5) is 15.4. The fourth-order valence-corrected chi connectivity index (χ4v) is 4.13. The Balaban J connectivity index is 1.22. The van der Waals surface area contributed by atoms with Gasteiger partial charge in [0.1, 0.15) is 11.1 Å². The summed E-state index contributed by atoms with van der Waals surface area (Å²) in [5.74, 6) is 2.17. The molecule has 37 heavy (non-hydrogen) atoms. The van der Waals surface area contributed by atoms with Crippen LogP contribution in [0.4, 0.5) is 23.3 Å². The zero-order valence-corrected chi connectivity index (χ0v) is 20.7. The van der Waals surface area contributed by atoms with E-state index in [1.165, 1.54) is 7.11 Å². The SMILES string of the molecule is COC(O)Cc1nc2cc(Nc3ncc(Cl)c(NC4CCN(c5ccc(C#N)nn5)CC4)n3)ccn2n1. The number of anilines is 4. The Bertz CT molecular complexity index is 1410. The molecule has 0 spiro atoms. The van der Waals surface area contributed by atoms with Crippen LogP contribution in [-0.2, 0) is 11.2 Å². The van der Waals surface area contributed by atoms with E-state index in [1.54, 1.807) is 23.0 Å². The first kappa shape index (κ1) is 24.6. The number of ether oxygens (including phenoxy) is 1. The molecule has 190 valence electrons. The minimum atomic E-state index is -0.958. The second-order valence-corrected chi connectivity index (χ2v) is 8.86. The van der Waals surface area contributed by atoms with Crippen LogP contribution in [0, 0.1) is 11.3 Å². The molecule has 0 radical (unpaired) electrons. The molecule has 1 aliphatic heterocycles. The smallest absolute Gasteiger partial charge is 0.229 e. The lowest BCUT2D eigenvalue weighted by Gasteiger charge is -2.33. The van der Waals surface area contributed by atoms with Gasteiger partial charge in [0.05, 0.1) is 12.6 Å². The van der Waals surface area contributed by atoms with Crippen molar-refractivity contribution >= 4 is 40.5 Å². The van der Waals surface area contributed by atoms with E-state index < -0.39 is 6.29 Å². The lowest BCUT2D eigenvalue weighted by atomic mass is 10.1. The topological polar surface area (TPSA) is 162 Å². The largest absolute Gasteiger partial charge is 0.368 e. The fourth-order valence-electron chi connectivity index (χ4n) is 3.99. The predicted octanol–water partition coefficient (Wildman–Crippen LogP) is 2.17. The summed E-state index contributed by atoms with van der Waals surface area (Å²) in [6, 6.07) is 9.28. The molecule has 0 bridgehead atoms. The summed E-state index contributed by atoms with van der Waals surface area (Å²) in [6.07, 6.45) is 4.26. The monoisotopic (exact) mass is 521 g/mol. The van der Waals surface area contributed by atoms with Gasteiger partial charge in [-0.1, -0.05) is 11.6 Å². The molecule has 1 fully saturated rings. The molecule has 0 saturated carbocycles. The molecule has 3 N–H and O–H groups in total. The zero-order chi connectivity index (χ0) is 25.8. The first-order valence-electron chi connectivity index (χ1n) is 11.6. The molecule has 1 saturated heterocycles. The van der Waals surface area contributed by atoms with Crippen molar-refractivity contribution in [1.29, 1.82) is 5.26 Å². The van der Waals surface area contributed by atoms with Gasteiger partial charge in [-0.05, 0) is 31.0 Å². The lowest BCUT2D eigenvalue weighted by Crippen LogP contribution is -2.39. The number of aliphatic hydroxyl groups is 1. The molecule has 5 heterocycles. The summed E-state index contributed by atoms with van der Waals surface area (Å²) >= 11 is 6.38. The highest BCUT2D eigenvalue weighted by Gasteiger charge is 2.22. The van der Waals surface area contributed by atoms with E-state index >= 15 is 0 Å². The molecule has 0 aliphatic carbocycles. The number of aromatic nitrogens is 7. The summed E-state index contributed by atoms with van der Waals surface area (Å²) in [7, 11) is 1.42. The summed E-state index contributed by atoms with van der Waals surface area (Å²) in [5.41, 5.74) is 1.63. The second kappa shape index (κ2) is 10.9. The van der Waals surface area contributed by atoms with Gasteiger partial charge >= 0.3 is 0 Å². The Morgan fingerprint density at radius 1 is 1.24 bits per heavy atom. The van der Waals surface area contributed by atoms with Crippen LogP contribution >= 0.6 is 11.6 Å². The first-order valence-corrected chi connectivity index (χ1v) is 12.0. The van der Waals surface area contributed by atoms with Crippen LogP contribution in [0.1, 0.15) is 24.4 Å². The predicted molar refractivity (Wildman–Crippen MR) is 136 cm³/mol. The number of nitrogens with one attached hydrogen (secondary N) is 2. The van der Waals surface area contributed by atoms with Crippen LogP contribution in [0.3, 0.4) is 0 Å². The van der Waals surface area contributed by atoms with Crippen molar-refractivity contribution in [1.82, 2.24) is 34.8 Å². The van der Waals surface area contributed by atoms with E-state index in [0.717, 1.165) is 37.4 Å². The molecule has 4 aromatic heterocycles. The highest BCUT2D eigenvalue weighted by atomic mass is 35.5. The molecule has 14 heteroatoms. The van der Waals surface area contributed by atoms with Crippen LogP contribution in [0.25, 0.3) is 5.65 Å². The zero-order valence-electron chi connectivity index (χ0n) is 19.9. The van der Waals surface area contributed by atoms with E-state index in [1.807, 2.05) is 24.3 Å². The maximum Gasteiger partial charge on any atom is 0.229 e. The van der Waals surface area contributed by atoms with Crippen LogP contribution in [0.5, 0.6) is 0 Å². The molecule has 0 amide bonds. The average Bonchev–Trinajstić information content (AvgIpc) is 3.32. The van der Waals surface area contributed by atoms with Crippen molar-refractivity contribution in [2.45, 2.75) is 31.6 Å². The van der Waals surface area contributed by atoms with Crippen molar-refractivity contribution in [3.63, 3.8) is 0 Å². The Morgan fingerprint density at radius 2 is 2.08 bits per heavy atom. The molecule has 4 aromatic rings. The molecule has 1 aliphatic rings. The average molecular weight is 522 g/mol. The molecule has 13 nitrogen and oxygen atoms in total. The summed E-state index contributed by atoms with van der Waals surface area (Å²) < 4.78 is 6.48. The van der Waals surface area contributed by atoms with Gasteiger partial charge in [-0.25, -0.2) is 14.5 Å². The number of hydrogen-bond donors (Lipinski definition) is 3. The lowest BCUT2D eigenvalue weighted by molar-refractivity contribution is -0.0731. The number of nitriles is 1. The van der Waals surface area contributed by atoms with Crippen molar-refractivity contribution in [3.8, 4) is 6.07 Å². The molecule has 5 rings (SSSR count). The van der Waals surface area contributed by atoms with Gasteiger partial charge in [-0.3, -0.25) is 0 Å². The maximum atomic E-state index is 9.66. The highest BCUT2D eigenvalue weighted by molar-refractivity contribution is 6.32. The fraction of sp³-hybridized carbons (Fsp3) is 0.348. The van der Waals surface area contributed by atoms with Gasteiger partial charge in [0.25, 0.3) is 0 Å². The van der Waals surface area contributed by atoms with E-state index in [2.05, 4.69) is 45.8 Å². The number of fused-ring (bicyclic) bond motifs is 1. The van der Waals surface area contributed by atoms with Gasteiger partial charge in [-0.15, -0.1) is 10.2 Å². The molecular formula is C23H24ClN11O2. The third kappa shape index (κ3) is 5.83. The summed E-state index contributed by atoms with van der Waals surface area (Å²) in [5, 5.41) is 38.0. The van der Waals surface area contributed by atoms with Gasteiger partial charge in [-0.2, -0.15) is 15.3 Å². The number of piperidine rings is 1. The van der Waals surface area contributed by atoms with Crippen molar-refractivity contribution in [3.05, 3.63) is 53.2 Å². The number of hydrogen-bond acceptors (Lipinski definition) is 12. The van der Waals surface area contributed by atoms with Crippen LogP contribution < -0.4 is 15.5 Å². The van der Waals surface area contributed by atoms with Crippen LogP contribution in [0.2, 0.25) is 5.02 Å². The van der Waals surface area contributed by atoms with E-state index in [9.17, 15) is 5.11 Å². The van der Waals surface area contributed by atoms with Crippen molar-refractivity contribution < 1.29 is 9.84 Å². The Kier molecular flexibility index (Phi) is 7.22. The second-order valence-electron chi connectivity index (χ2n) is 8.45. The number of rotatable bonds is 8. The highest BCUT2D eigenvalue weighted by Crippen LogP contribution is 2.25. The first-order chi connectivity index (χ1) is 18.0.